The Morgan fingerprint density at radius 2 is 1.05 bits per heavy atom. The maximum absolute atomic E-state index is 15.3. The first-order chi connectivity index (χ1) is 18.3. The number of carbonyl (C=O) groups is 2. The van der Waals surface area contributed by atoms with Crippen molar-refractivity contribution in [3.05, 3.63) is 108 Å². The first-order valence-corrected chi connectivity index (χ1v) is 10.8. The largest absolute Gasteiger partial charge is 0.458 e. The van der Waals surface area contributed by atoms with Crippen LogP contribution in [0.2, 0.25) is 0 Å². The second-order valence-corrected chi connectivity index (χ2v) is 7.29. The smallest absolute Gasteiger partial charge is 0.338 e. The summed E-state index contributed by atoms with van der Waals surface area (Å²) in [6, 6.07) is 13.4. The van der Waals surface area contributed by atoms with Gasteiger partial charge in [-0.1, -0.05) is 25.3 Å². The van der Waals surface area contributed by atoms with E-state index >= 15 is 8.78 Å². The lowest BCUT2D eigenvalue weighted by molar-refractivity contribution is 0.0540. The number of hydrogen-bond acceptors (Lipinski definition) is 8. The van der Waals surface area contributed by atoms with Gasteiger partial charge in [0.1, 0.15) is 48.0 Å². The third-order valence-corrected chi connectivity index (χ3v) is 4.80. The van der Waals surface area contributed by atoms with Gasteiger partial charge in [0.15, 0.2) is 11.6 Å². The fourth-order valence-electron chi connectivity index (χ4n) is 3.03. The Balaban J connectivity index is 1.99. The van der Waals surface area contributed by atoms with Crippen molar-refractivity contribution in [1.82, 2.24) is 0 Å². The van der Waals surface area contributed by atoms with Gasteiger partial charge in [0.2, 0.25) is 11.5 Å². The highest BCUT2D eigenvalue weighted by atomic mass is 19.1. The summed E-state index contributed by atoms with van der Waals surface area (Å²) in [6.07, 6.45) is 2.79. The summed E-state index contributed by atoms with van der Waals surface area (Å²) in [7, 11) is 0. The van der Waals surface area contributed by atoms with Gasteiger partial charge >= 0.3 is 11.9 Å². The summed E-state index contributed by atoms with van der Waals surface area (Å²) in [6.45, 7) is 6.90. The minimum atomic E-state index is -1.33. The number of benzene rings is 3. The van der Waals surface area contributed by atoms with Crippen LogP contribution in [-0.2, 0) is 9.47 Å². The molecule has 0 aromatic heterocycles. The molecule has 0 fully saturated rings. The Morgan fingerprint density at radius 1 is 0.711 bits per heavy atom. The predicted molar refractivity (Wildman–Crippen MR) is 130 cm³/mol. The lowest BCUT2D eigenvalue weighted by Crippen LogP contribution is -2.06. The van der Waals surface area contributed by atoms with Gasteiger partial charge in [0.25, 0.3) is 0 Å². The predicted octanol–water partition coefficient (Wildman–Crippen LogP) is 5.98. The molecule has 0 radical (unpaired) electrons. The molecule has 8 nitrogen and oxygen atoms in total. The summed E-state index contributed by atoms with van der Waals surface area (Å²) in [5.74, 6) is -5.65. The topological polar surface area (TPSA) is 119 Å². The number of carbonyl (C=O) groups excluding carboxylic acids is 2. The van der Waals surface area contributed by atoms with E-state index in [1.807, 2.05) is 0 Å². The monoisotopic (exact) mass is 516 g/mol. The number of ether oxygens (including phenoxy) is 4. The van der Waals surface area contributed by atoms with E-state index in [0.29, 0.717) is 0 Å². The van der Waals surface area contributed by atoms with Gasteiger partial charge in [-0.05, 0) is 48.5 Å². The maximum atomic E-state index is 15.3. The van der Waals surface area contributed by atoms with E-state index < -0.39 is 46.2 Å². The van der Waals surface area contributed by atoms with Crippen molar-refractivity contribution in [1.29, 1.82) is 10.5 Å². The first-order valence-electron chi connectivity index (χ1n) is 10.8. The quantitative estimate of drug-likeness (QED) is 0.239. The van der Waals surface area contributed by atoms with Crippen LogP contribution in [0.25, 0.3) is 0 Å². The summed E-state index contributed by atoms with van der Waals surface area (Å²) in [5, 5.41) is 18.7. The Morgan fingerprint density at radius 3 is 1.34 bits per heavy atom. The number of rotatable bonds is 10. The molecule has 0 unspecified atom stereocenters. The zero-order valence-corrected chi connectivity index (χ0v) is 19.7. The van der Waals surface area contributed by atoms with Crippen molar-refractivity contribution >= 4 is 11.9 Å². The van der Waals surface area contributed by atoms with E-state index in [4.69, 9.17) is 18.9 Å². The molecule has 190 valence electrons. The van der Waals surface area contributed by atoms with Crippen molar-refractivity contribution in [2.45, 2.75) is 0 Å². The molecule has 0 atom stereocenters. The van der Waals surface area contributed by atoms with Crippen molar-refractivity contribution in [2.24, 2.45) is 0 Å². The van der Waals surface area contributed by atoms with Gasteiger partial charge in [0, 0.05) is 0 Å². The number of hydrogen-bond donors (Lipinski definition) is 0. The van der Waals surface area contributed by atoms with E-state index in [2.05, 4.69) is 13.2 Å². The van der Waals surface area contributed by atoms with Crippen molar-refractivity contribution in [3.63, 3.8) is 0 Å². The molecule has 0 saturated heterocycles. The molecule has 0 heterocycles. The highest BCUT2D eigenvalue weighted by Crippen LogP contribution is 2.42. The van der Waals surface area contributed by atoms with Gasteiger partial charge in [-0.15, -0.1) is 0 Å². The molecule has 0 aliphatic carbocycles. The van der Waals surface area contributed by atoms with E-state index in [1.165, 1.54) is 72.8 Å². The van der Waals surface area contributed by atoms with Crippen LogP contribution in [-0.4, -0.2) is 25.2 Å². The number of esters is 2. The maximum Gasteiger partial charge on any atom is 0.338 e. The van der Waals surface area contributed by atoms with Gasteiger partial charge in [-0.2, -0.15) is 10.5 Å². The van der Waals surface area contributed by atoms with Gasteiger partial charge in [0.05, 0.1) is 11.1 Å². The van der Waals surface area contributed by atoms with Gasteiger partial charge in [-0.25, -0.2) is 18.4 Å². The molecular weight excluding hydrogens is 498 g/mol. The van der Waals surface area contributed by atoms with Crippen LogP contribution in [0.4, 0.5) is 8.78 Å². The Bertz CT molecular complexity index is 1360. The Hall–Kier alpha value is -5.48. The molecular formula is C28H18F2N2O6. The van der Waals surface area contributed by atoms with Crippen LogP contribution in [0.1, 0.15) is 31.8 Å². The second kappa shape index (κ2) is 12.5. The minimum Gasteiger partial charge on any atom is -0.458 e. The fraction of sp³-hybridized carbons (Fsp3) is 0.0714. The molecule has 0 aliphatic heterocycles. The second-order valence-electron chi connectivity index (χ2n) is 7.29. The zero-order chi connectivity index (χ0) is 27.7. The molecule has 0 N–H and O–H groups in total. The van der Waals surface area contributed by atoms with E-state index in [9.17, 15) is 20.1 Å². The number of nitrogens with zero attached hydrogens (tertiary/aromatic N) is 2. The Labute approximate surface area is 216 Å². The highest BCUT2D eigenvalue weighted by molar-refractivity contribution is 5.90. The highest BCUT2D eigenvalue weighted by Gasteiger charge is 2.29. The summed E-state index contributed by atoms with van der Waals surface area (Å²) < 4.78 is 51.4. The molecule has 0 saturated carbocycles. The summed E-state index contributed by atoms with van der Waals surface area (Å²) in [5.41, 5.74) is -1.44. The first kappa shape index (κ1) is 27.1. The molecule has 3 rings (SSSR count). The fourth-order valence-corrected chi connectivity index (χ4v) is 3.03. The minimum absolute atomic E-state index is 0.00143. The van der Waals surface area contributed by atoms with Crippen molar-refractivity contribution in [2.75, 3.05) is 13.2 Å². The lowest BCUT2D eigenvalue weighted by Gasteiger charge is -2.16. The normalized spacial score (nSPS) is 9.89. The van der Waals surface area contributed by atoms with Crippen LogP contribution in [0.3, 0.4) is 0 Å². The zero-order valence-electron chi connectivity index (χ0n) is 19.7. The molecule has 0 amide bonds. The molecule has 3 aromatic carbocycles. The molecule has 10 heteroatoms. The van der Waals surface area contributed by atoms with Crippen molar-refractivity contribution in [3.8, 4) is 35.1 Å². The van der Waals surface area contributed by atoms with Crippen LogP contribution >= 0.6 is 0 Å². The summed E-state index contributed by atoms with van der Waals surface area (Å²) >= 11 is 0. The van der Waals surface area contributed by atoms with Crippen LogP contribution in [0.15, 0.2) is 73.8 Å². The molecule has 3 aromatic rings. The Kier molecular flexibility index (Phi) is 8.90. The van der Waals surface area contributed by atoms with Crippen LogP contribution in [0.5, 0.6) is 23.0 Å². The third-order valence-electron chi connectivity index (χ3n) is 4.80. The molecule has 38 heavy (non-hydrogen) atoms. The molecule has 0 aliphatic rings. The third kappa shape index (κ3) is 6.01. The van der Waals surface area contributed by atoms with E-state index in [0.717, 1.165) is 0 Å². The van der Waals surface area contributed by atoms with Crippen molar-refractivity contribution < 1.29 is 37.3 Å². The number of nitriles is 2. The molecule has 0 spiro atoms. The van der Waals surface area contributed by atoms with Crippen LogP contribution < -0.4 is 9.47 Å². The summed E-state index contributed by atoms with van der Waals surface area (Å²) in [4.78, 5) is 23.9. The lowest BCUT2D eigenvalue weighted by atomic mass is 10.1. The van der Waals surface area contributed by atoms with Crippen LogP contribution in [0, 0.1) is 34.3 Å². The van der Waals surface area contributed by atoms with Gasteiger partial charge < -0.3 is 18.9 Å². The standard InChI is InChI=1S/C28H18F2N2O6/c1-3-13-35-27(33)17-5-9-19(10-6-17)37-25-23(29)21(15-31)22(16-32)24(30)26(25)38-20-11-7-18(8-12-20)28(34)36-14-4-2/h3-12H,1-2,13-14H2. The van der Waals surface area contributed by atoms with E-state index in [1.54, 1.807) is 0 Å². The van der Waals surface area contributed by atoms with E-state index in [-0.39, 0.29) is 35.8 Å². The average Bonchev–Trinajstić information content (AvgIpc) is 2.94. The number of halogens is 2. The SMILES string of the molecule is C=CCOC(=O)c1ccc(Oc2c(F)c(C#N)c(C#N)c(F)c2Oc2ccc(C(=O)OCC=C)cc2)cc1. The molecule has 0 bridgehead atoms. The average molecular weight is 516 g/mol. The van der Waals surface area contributed by atoms with Gasteiger partial charge in [-0.3, -0.25) is 0 Å².